The van der Waals surface area contributed by atoms with Crippen LogP contribution in [0.1, 0.15) is 0 Å². The minimum atomic E-state index is -2.84. The Kier molecular flexibility index (Phi) is 3.38. The summed E-state index contributed by atoms with van der Waals surface area (Å²) in [4.78, 5) is 0. The van der Waals surface area contributed by atoms with Crippen LogP contribution in [0.2, 0.25) is 19.6 Å². The summed E-state index contributed by atoms with van der Waals surface area (Å²) in [6.07, 6.45) is 0. The Bertz CT molecular complexity index is 192. The fraction of sp³-hybridized carbons (Fsp3) is 1.00. The van der Waals surface area contributed by atoms with Crippen LogP contribution in [0.15, 0.2) is 0 Å². The highest BCUT2D eigenvalue weighted by molar-refractivity contribution is 8.21. The van der Waals surface area contributed by atoms with E-state index >= 15 is 0 Å². The second-order valence-electron chi connectivity index (χ2n) is 3.12. The van der Waals surface area contributed by atoms with Gasteiger partial charge >= 0.3 is 0 Å². The molecule has 0 aliphatic rings. The standard InChI is InChI=1S/C5H13ClO2SSi/c1-10(2,3)9(7,8)5-4-6/h4-5H2,1-3H3. The molecule has 0 aromatic heterocycles. The van der Waals surface area contributed by atoms with Crippen molar-refractivity contribution in [2.75, 3.05) is 11.6 Å². The van der Waals surface area contributed by atoms with Crippen LogP contribution in [0.4, 0.5) is 0 Å². The average molecular weight is 201 g/mol. The van der Waals surface area contributed by atoms with E-state index in [-0.39, 0.29) is 11.6 Å². The molecule has 0 aromatic carbocycles. The van der Waals surface area contributed by atoms with E-state index in [0.717, 1.165) is 0 Å². The van der Waals surface area contributed by atoms with Crippen LogP contribution in [-0.4, -0.2) is 27.3 Å². The Labute approximate surface area is 68.2 Å². The molecule has 0 spiro atoms. The molecule has 62 valence electrons. The number of rotatable bonds is 3. The monoisotopic (exact) mass is 200 g/mol. The third-order valence-corrected chi connectivity index (χ3v) is 10.5. The SMILES string of the molecule is C[Si](C)(C)S(=O)(=O)CCCl. The fourth-order valence-electron chi connectivity index (χ4n) is 0.408. The van der Waals surface area contributed by atoms with Crippen LogP contribution >= 0.6 is 11.6 Å². The normalized spacial score (nSPS) is 13.6. The van der Waals surface area contributed by atoms with Gasteiger partial charge < -0.3 is 0 Å². The molecule has 0 aliphatic heterocycles. The zero-order valence-corrected chi connectivity index (χ0v) is 9.09. The highest BCUT2D eigenvalue weighted by atomic mass is 35.5. The van der Waals surface area contributed by atoms with Crippen molar-refractivity contribution in [1.82, 2.24) is 0 Å². The van der Waals surface area contributed by atoms with Crippen LogP contribution in [0.5, 0.6) is 0 Å². The van der Waals surface area contributed by atoms with E-state index in [1.165, 1.54) is 0 Å². The third-order valence-electron chi connectivity index (χ3n) is 1.28. The van der Waals surface area contributed by atoms with Crippen molar-refractivity contribution in [3.63, 3.8) is 0 Å². The molecule has 0 saturated heterocycles. The summed E-state index contributed by atoms with van der Waals surface area (Å²) < 4.78 is 22.5. The number of hydrogen-bond donors (Lipinski definition) is 0. The molecule has 0 bridgehead atoms. The van der Waals surface area contributed by atoms with E-state index in [2.05, 4.69) is 0 Å². The van der Waals surface area contributed by atoms with Gasteiger partial charge in [0.15, 0.2) is 7.22 Å². The van der Waals surface area contributed by atoms with Gasteiger partial charge in [0, 0.05) is 5.88 Å². The molecule has 10 heavy (non-hydrogen) atoms. The smallest absolute Gasteiger partial charge is 0.186 e. The van der Waals surface area contributed by atoms with Gasteiger partial charge in [-0.25, -0.2) is 8.42 Å². The molecule has 2 nitrogen and oxygen atoms in total. The Morgan fingerprint density at radius 2 is 1.70 bits per heavy atom. The molecule has 0 fully saturated rings. The summed E-state index contributed by atoms with van der Waals surface area (Å²) in [5.41, 5.74) is 0. The first-order valence-corrected chi connectivity index (χ1v) is 9.50. The van der Waals surface area contributed by atoms with Crippen LogP contribution in [0.25, 0.3) is 0 Å². The van der Waals surface area contributed by atoms with Gasteiger partial charge in [0.25, 0.3) is 0 Å². The van der Waals surface area contributed by atoms with Crippen molar-refractivity contribution in [3.05, 3.63) is 0 Å². The largest absolute Gasteiger partial charge is 0.236 e. The maximum absolute atomic E-state index is 11.2. The van der Waals surface area contributed by atoms with Gasteiger partial charge in [-0.1, -0.05) is 19.6 Å². The topological polar surface area (TPSA) is 34.1 Å². The molecule has 0 N–H and O–H groups in total. The van der Waals surface area contributed by atoms with Crippen molar-refractivity contribution in [2.45, 2.75) is 19.6 Å². The van der Waals surface area contributed by atoms with Gasteiger partial charge in [-0.3, -0.25) is 0 Å². The highest BCUT2D eigenvalue weighted by Crippen LogP contribution is 2.11. The maximum Gasteiger partial charge on any atom is 0.186 e. The minimum absolute atomic E-state index is 0.129. The molecule has 0 aliphatic carbocycles. The molecular formula is C5H13ClO2SSi. The second-order valence-corrected chi connectivity index (χ2v) is 14.9. The van der Waals surface area contributed by atoms with Gasteiger partial charge in [0.1, 0.15) is 9.29 Å². The van der Waals surface area contributed by atoms with Gasteiger partial charge in [-0.2, -0.15) is 0 Å². The number of alkyl halides is 1. The number of halogens is 1. The van der Waals surface area contributed by atoms with Crippen LogP contribution in [0.3, 0.4) is 0 Å². The molecule has 0 atom stereocenters. The molecule has 0 rings (SSSR count). The van der Waals surface area contributed by atoms with Crippen molar-refractivity contribution >= 4 is 28.1 Å². The van der Waals surface area contributed by atoms with E-state index in [1.807, 2.05) is 19.6 Å². The molecule has 0 aromatic rings. The van der Waals surface area contributed by atoms with Crippen LogP contribution < -0.4 is 0 Å². The molecular weight excluding hydrogens is 188 g/mol. The predicted octanol–water partition coefficient (Wildman–Crippen LogP) is 1.47. The summed E-state index contributed by atoms with van der Waals surface area (Å²) >= 11 is 5.34. The first-order chi connectivity index (χ1) is 4.31. The minimum Gasteiger partial charge on any atom is -0.236 e. The van der Waals surface area contributed by atoms with Crippen molar-refractivity contribution in [1.29, 1.82) is 0 Å². The van der Waals surface area contributed by atoms with E-state index in [1.54, 1.807) is 0 Å². The summed E-state index contributed by atoms with van der Waals surface area (Å²) in [5, 5.41) is 0. The van der Waals surface area contributed by atoms with E-state index in [0.29, 0.717) is 0 Å². The number of hydrogen-bond acceptors (Lipinski definition) is 2. The average Bonchev–Trinajstić information content (AvgIpc) is 1.61. The van der Waals surface area contributed by atoms with E-state index in [9.17, 15) is 8.42 Å². The first-order valence-electron chi connectivity index (χ1n) is 3.09. The highest BCUT2D eigenvalue weighted by Gasteiger charge is 2.30. The lowest BCUT2D eigenvalue weighted by atomic mass is 11.0. The van der Waals surface area contributed by atoms with E-state index in [4.69, 9.17) is 11.6 Å². The lowest BCUT2D eigenvalue weighted by Crippen LogP contribution is -2.36. The lowest BCUT2D eigenvalue weighted by Gasteiger charge is -2.14. The van der Waals surface area contributed by atoms with Crippen molar-refractivity contribution in [2.24, 2.45) is 0 Å². The van der Waals surface area contributed by atoms with Gasteiger partial charge in [-0.15, -0.1) is 11.6 Å². The van der Waals surface area contributed by atoms with Crippen LogP contribution in [-0.2, 0) is 9.29 Å². The summed E-state index contributed by atoms with van der Waals surface area (Å²) in [6, 6.07) is 0. The molecule has 0 heterocycles. The Balaban J connectivity index is 4.44. The fourth-order valence-corrected chi connectivity index (χ4v) is 4.36. The second kappa shape index (κ2) is 3.24. The Hall–Kier alpha value is 0.457. The molecule has 0 radical (unpaired) electrons. The Morgan fingerprint density at radius 3 is 1.80 bits per heavy atom. The molecule has 5 heteroatoms. The zero-order chi connectivity index (χ0) is 8.41. The molecule has 0 unspecified atom stereocenters. The predicted molar refractivity (Wildman–Crippen MR) is 47.9 cm³/mol. The summed E-state index contributed by atoms with van der Waals surface area (Å²) in [7, 11) is -4.86. The molecule has 0 saturated carbocycles. The summed E-state index contributed by atoms with van der Waals surface area (Å²) in [6.45, 7) is 5.44. The van der Waals surface area contributed by atoms with Gasteiger partial charge in [0.05, 0.1) is 5.75 Å². The maximum atomic E-state index is 11.2. The van der Waals surface area contributed by atoms with Gasteiger partial charge in [-0.05, 0) is 0 Å². The quantitative estimate of drug-likeness (QED) is 0.511. The van der Waals surface area contributed by atoms with Crippen molar-refractivity contribution in [3.8, 4) is 0 Å². The zero-order valence-electron chi connectivity index (χ0n) is 6.52. The lowest BCUT2D eigenvalue weighted by molar-refractivity contribution is 0.608. The Morgan fingerprint density at radius 1 is 1.30 bits per heavy atom. The molecule has 0 amide bonds. The van der Waals surface area contributed by atoms with Crippen molar-refractivity contribution < 1.29 is 8.42 Å². The van der Waals surface area contributed by atoms with Crippen LogP contribution in [0, 0.1) is 0 Å². The van der Waals surface area contributed by atoms with E-state index < -0.39 is 16.5 Å². The van der Waals surface area contributed by atoms with Gasteiger partial charge in [0.2, 0.25) is 0 Å². The third kappa shape index (κ3) is 2.60. The summed E-state index contributed by atoms with van der Waals surface area (Å²) in [5.74, 6) is 0.344. The first kappa shape index (κ1) is 10.5.